The predicted octanol–water partition coefficient (Wildman–Crippen LogP) is 1.78. The third kappa shape index (κ3) is 2.02. The molecule has 1 N–H and O–H groups in total. The minimum absolute atomic E-state index is 0.108. The van der Waals surface area contributed by atoms with Crippen molar-refractivity contribution >= 4 is 17.6 Å². The van der Waals surface area contributed by atoms with Gasteiger partial charge in [-0.3, -0.25) is 9.59 Å². The predicted molar refractivity (Wildman–Crippen MR) is 64.2 cm³/mol. The third-order valence-corrected chi connectivity index (χ3v) is 3.32. The summed E-state index contributed by atoms with van der Waals surface area (Å²) in [4.78, 5) is 24.1. The normalized spacial score (nSPS) is 16.6. The number of hydrogen-bond donors (Lipinski definition) is 1. The molecule has 0 aromatic heterocycles. The van der Waals surface area contributed by atoms with Gasteiger partial charge in [0.15, 0.2) is 0 Å². The monoisotopic (exact) mass is 233 g/mol. The first-order valence-corrected chi connectivity index (χ1v) is 5.63. The fourth-order valence-corrected chi connectivity index (χ4v) is 2.09. The van der Waals surface area contributed by atoms with Crippen molar-refractivity contribution in [3.05, 3.63) is 29.3 Å². The smallest absolute Gasteiger partial charge is 0.310 e. The van der Waals surface area contributed by atoms with Crippen LogP contribution in [0.1, 0.15) is 30.4 Å². The van der Waals surface area contributed by atoms with Crippen LogP contribution < -0.4 is 4.90 Å². The first-order chi connectivity index (χ1) is 8.00. The molecular formula is C13H15NO3. The van der Waals surface area contributed by atoms with Gasteiger partial charge in [0.25, 0.3) is 0 Å². The van der Waals surface area contributed by atoms with Crippen LogP contribution in [0, 0.1) is 0 Å². The largest absolute Gasteiger partial charge is 0.481 e. The first kappa shape index (κ1) is 11.6. The van der Waals surface area contributed by atoms with Gasteiger partial charge >= 0.3 is 5.97 Å². The van der Waals surface area contributed by atoms with Gasteiger partial charge in [-0.15, -0.1) is 0 Å². The molecule has 90 valence electrons. The Balaban J connectivity index is 2.39. The lowest BCUT2D eigenvalue weighted by Gasteiger charge is -2.26. The van der Waals surface area contributed by atoms with Crippen molar-refractivity contribution in [3.8, 4) is 0 Å². The number of benzene rings is 1. The Morgan fingerprint density at radius 2 is 2.12 bits per heavy atom. The maximum atomic E-state index is 11.5. The number of fused-ring (bicyclic) bond motifs is 1. The highest BCUT2D eigenvalue weighted by atomic mass is 16.4. The minimum Gasteiger partial charge on any atom is -0.481 e. The van der Waals surface area contributed by atoms with Crippen LogP contribution in [0.2, 0.25) is 0 Å². The Morgan fingerprint density at radius 3 is 2.76 bits per heavy atom. The molecule has 17 heavy (non-hydrogen) atoms. The van der Waals surface area contributed by atoms with Crippen molar-refractivity contribution in [1.29, 1.82) is 0 Å². The molecule has 1 aromatic rings. The highest BCUT2D eigenvalue weighted by Crippen LogP contribution is 2.29. The fourth-order valence-electron chi connectivity index (χ4n) is 2.09. The van der Waals surface area contributed by atoms with Gasteiger partial charge in [0.2, 0.25) is 5.91 Å². The maximum absolute atomic E-state index is 11.5. The molecule has 0 saturated heterocycles. The zero-order valence-electron chi connectivity index (χ0n) is 9.93. The van der Waals surface area contributed by atoms with Crippen molar-refractivity contribution in [2.45, 2.75) is 25.7 Å². The van der Waals surface area contributed by atoms with E-state index in [1.807, 2.05) is 12.1 Å². The van der Waals surface area contributed by atoms with E-state index in [0.717, 1.165) is 16.8 Å². The van der Waals surface area contributed by atoms with Crippen molar-refractivity contribution < 1.29 is 14.7 Å². The van der Waals surface area contributed by atoms with Gasteiger partial charge in [-0.2, -0.15) is 0 Å². The van der Waals surface area contributed by atoms with Gasteiger partial charge in [0, 0.05) is 19.2 Å². The average molecular weight is 233 g/mol. The van der Waals surface area contributed by atoms with Crippen LogP contribution in [0.15, 0.2) is 18.2 Å². The molecule has 0 fully saturated rings. The summed E-state index contributed by atoms with van der Waals surface area (Å²) < 4.78 is 0. The molecule has 4 nitrogen and oxygen atoms in total. The van der Waals surface area contributed by atoms with Crippen molar-refractivity contribution in [2.24, 2.45) is 0 Å². The van der Waals surface area contributed by atoms with E-state index in [9.17, 15) is 9.59 Å². The van der Waals surface area contributed by atoms with Gasteiger partial charge in [0.05, 0.1) is 5.92 Å². The number of aliphatic carboxylic acids is 1. The number of carbonyl (C=O) groups is 2. The minimum atomic E-state index is -0.829. The van der Waals surface area contributed by atoms with Crippen LogP contribution in [-0.2, 0) is 16.0 Å². The lowest BCUT2D eigenvalue weighted by atomic mass is 9.94. The summed E-state index contributed by atoms with van der Waals surface area (Å²) in [5.74, 6) is -1.23. The fraction of sp³-hybridized carbons (Fsp3) is 0.385. The highest BCUT2D eigenvalue weighted by molar-refractivity contribution is 5.96. The molecule has 0 bridgehead atoms. The molecule has 1 amide bonds. The van der Waals surface area contributed by atoms with Crippen LogP contribution in [0.25, 0.3) is 0 Å². The number of carboxylic acids is 1. The van der Waals surface area contributed by atoms with Gasteiger partial charge < -0.3 is 10.0 Å². The number of hydrogen-bond acceptors (Lipinski definition) is 2. The van der Waals surface area contributed by atoms with Crippen LogP contribution in [0.5, 0.6) is 0 Å². The number of nitrogens with zero attached hydrogens (tertiary/aromatic N) is 1. The zero-order valence-corrected chi connectivity index (χ0v) is 9.93. The van der Waals surface area contributed by atoms with Crippen LogP contribution in [-0.4, -0.2) is 24.0 Å². The van der Waals surface area contributed by atoms with Crippen LogP contribution in [0.3, 0.4) is 0 Å². The zero-order chi connectivity index (χ0) is 12.6. The lowest BCUT2D eigenvalue weighted by Crippen LogP contribution is -2.31. The van der Waals surface area contributed by atoms with Crippen LogP contribution in [0.4, 0.5) is 5.69 Å². The standard InChI is InChI=1S/C13H15NO3/c1-8(13(16)17)9-3-5-11-10(7-9)4-6-12(15)14(11)2/h3,5,7-8H,4,6H2,1-2H3,(H,16,17). The van der Waals surface area contributed by atoms with E-state index in [4.69, 9.17) is 5.11 Å². The van der Waals surface area contributed by atoms with Crippen LogP contribution >= 0.6 is 0 Å². The number of amides is 1. The number of rotatable bonds is 2. The Morgan fingerprint density at radius 1 is 1.41 bits per heavy atom. The average Bonchev–Trinajstić information content (AvgIpc) is 2.32. The molecule has 0 radical (unpaired) electrons. The van der Waals surface area contributed by atoms with E-state index in [0.29, 0.717) is 12.8 Å². The maximum Gasteiger partial charge on any atom is 0.310 e. The third-order valence-electron chi connectivity index (χ3n) is 3.32. The number of carboxylic acid groups (broad SMARTS) is 1. The molecule has 0 spiro atoms. The van der Waals surface area contributed by atoms with Gasteiger partial charge in [-0.25, -0.2) is 0 Å². The van der Waals surface area contributed by atoms with E-state index >= 15 is 0 Å². The molecule has 4 heteroatoms. The molecule has 0 aliphatic carbocycles. The van der Waals surface area contributed by atoms with Crippen molar-refractivity contribution in [2.75, 3.05) is 11.9 Å². The summed E-state index contributed by atoms with van der Waals surface area (Å²) in [6.07, 6.45) is 1.19. The number of anilines is 1. The quantitative estimate of drug-likeness (QED) is 0.847. The second kappa shape index (κ2) is 4.20. The topological polar surface area (TPSA) is 57.6 Å². The molecule has 1 aliphatic rings. The SMILES string of the molecule is CC(C(=O)O)c1ccc2c(c1)CCC(=O)N2C. The number of aryl methyl sites for hydroxylation is 1. The molecule has 1 atom stereocenters. The summed E-state index contributed by atoms with van der Waals surface area (Å²) in [7, 11) is 1.75. The summed E-state index contributed by atoms with van der Waals surface area (Å²) in [5, 5.41) is 8.97. The van der Waals surface area contributed by atoms with Crippen molar-refractivity contribution in [3.63, 3.8) is 0 Å². The Kier molecular flexibility index (Phi) is 2.88. The Bertz CT molecular complexity index is 482. The van der Waals surface area contributed by atoms with Crippen molar-refractivity contribution in [1.82, 2.24) is 0 Å². The Labute approximate surface area is 99.9 Å². The van der Waals surface area contributed by atoms with Gasteiger partial charge in [-0.05, 0) is 30.5 Å². The second-order valence-corrected chi connectivity index (χ2v) is 4.40. The molecule has 1 aromatic carbocycles. The summed E-state index contributed by atoms with van der Waals surface area (Å²) in [6, 6.07) is 5.52. The number of carbonyl (C=O) groups excluding carboxylic acids is 1. The Hall–Kier alpha value is -1.84. The molecule has 2 rings (SSSR count). The summed E-state index contributed by atoms with van der Waals surface area (Å²) in [5.41, 5.74) is 2.74. The van der Waals surface area contributed by atoms with E-state index in [1.165, 1.54) is 0 Å². The molecule has 1 unspecified atom stereocenters. The van der Waals surface area contributed by atoms with Gasteiger partial charge in [-0.1, -0.05) is 12.1 Å². The molecule has 1 aliphatic heterocycles. The molecular weight excluding hydrogens is 218 g/mol. The van der Waals surface area contributed by atoms with E-state index in [-0.39, 0.29) is 5.91 Å². The van der Waals surface area contributed by atoms with E-state index in [1.54, 1.807) is 24.9 Å². The van der Waals surface area contributed by atoms with E-state index in [2.05, 4.69) is 0 Å². The van der Waals surface area contributed by atoms with Gasteiger partial charge in [0.1, 0.15) is 0 Å². The molecule has 0 saturated carbocycles. The summed E-state index contributed by atoms with van der Waals surface area (Å²) in [6.45, 7) is 1.67. The van der Waals surface area contributed by atoms with E-state index < -0.39 is 11.9 Å². The lowest BCUT2D eigenvalue weighted by molar-refractivity contribution is -0.138. The molecule has 1 heterocycles. The first-order valence-electron chi connectivity index (χ1n) is 5.63. The highest BCUT2D eigenvalue weighted by Gasteiger charge is 2.22. The summed E-state index contributed by atoms with van der Waals surface area (Å²) >= 11 is 0. The second-order valence-electron chi connectivity index (χ2n) is 4.40.